The minimum Gasteiger partial charge on any atom is -0.487 e. The van der Waals surface area contributed by atoms with Crippen LogP contribution in [0.15, 0.2) is 84.4 Å². The van der Waals surface area contributed by atoms with Gasteiger partial charge in [0.2, 0.25) is 0 Å². The van der Waals surface area contributed by atoms with Crippen LogP contribution in [0.25, 0.3) is 23.0 Å². The van der Waals surface area contributed by atoms with Crippen molar-refractivity contribution in [3.05, 3.63) is 105 Å². The van der Waals surface area contributed by atoms with Gasteiger partial charge < -0.3 is 10.5 Å². The summed E-state index contributed by atoms with van der Waals surface area (Å²) in [6.07, 6.45) is 7.57. The number of ether oxygens (including phenoxy) is 1. The highest BCUT2D eigenvalue weighted by Crippen LogP contribution is 2.21. The van der Waals surface area contributed by atoms with Gasteiger partial charge in [0, 0.05) is 10.2 Å². The number of hydrogen-bond donors (Lipinski definition) is 1. The van der Waals surface area contributed by atoms with E-state index < -0.39 is 0 Å². The maximum atomic E-state index is 6.26. The van der Waals surface area contributed by atoms with E-state index in [1.807, 2.05) is 79.7 Å². The molecule has 0 unspecified atom stereocenters. The van der Waals surface area contributed by atoms with Crippen molar-refractivity contribution < 1.29 is 4.74 Å². The maximum absolute atomic E-state index is 6.26. The number of hydrogen-bond acceptors (Lipinski definition) is 2. The van der Waals surface area contributed by atoms with E-state index in [9.17, 15) is 0 Å². The third kappa shape index (κ3) is 10.7. The summed E-state index contributed by atoms with van der Waals surface area (Å²) in [7, 11) is 1.50. The highest BCUT2D eigenvalue weighted by atomic mass is 35.5. The molecule has 0 fully saturated rings. The van der Waals surface area contributed by atoms with Gasteiger partial charge in [0.15, 0.2) is 0 Å². The molecule has 0 amide bonds. The van der Waals surface area contributed by atoms with Crippen LogP contribution in [0.1, 0.15) is 52.0 Å². The molecule has 0 aliphatic heterocycles. The number of unbranched alkanes of at least 4 members (excludes halogenated alkanes) is 3. The standard InChI is InChI=1S/C24H20Cl2O.C6H14.CH5N/c1-3-19-14-21(20-10-7-11-22(26)15-20)12-13-23(19)24(17(2)25)27-16-18-8-5-4-6-9-18;1-3-5-6-4-2;1-2/h3-15H,2,16H2,1H3;3-6H2,1-2H3;2H2,1H3/b19-3-,24-23+;;. The first-order valence-corrected chi connectivity index (χ1v) is 12.9. The van der Waals surface area contributed by atoms with E-state index >= 15 is 0 Å². The minimum absolute atomic E-state index is 0.379. The topological polar surface area (TPSA) is 35.2 Å². The van der Waals surface area contributed by atoms with Crippen molar-refractivity contribution in [3.8, 4) is 11.1 Å². The van der Waals surface area contributed by atoms with Crippen molar-refractivity contribution >= 4 is 35.0 Å². The summed E-state index contributed by atoms with van der Waals surface area (Å²) in [4.78, 5) is 0. The Balaban J connectivity index is 0.000000670. The zero-order valence-corrected chi connectivity index (χ0v) is 23.0. The molecule has 0 aliphatic rings. The summed E-state index contributed by atoms with van der Waals surface area (Å²) in [5, 5.41) is 3.03. The van der Waals surface area contributed by atoms with E-state index in [-0.39, 0.29) is 0 Å². The number of rotatable bonds is 8. The monoisotopic (exact) mass is 511 g/mol. The first kappa shape index (κ1) is 30.5. The Morgan fingerprint density at radius 3 is 2.06 bits per heavy atom. The lowest BCUT2D eigenvalue weighted by molar-refractivity contribution is 0.263. The Morgan fingerprint density at radius 2 is 1.51 bits per heavy atom. The minimum atomic E-state index is 0.379. The molecular formula is C31H39Cl2NO. The molecule has 3 rings (SSSR count). The van der Waals surface area contributed by atoms with Crippen molar-refractivity contribution in [2.24, 2.45) is 5.73 Å². The Labute approximate surface area is 221 Å². The third-order valence-electron chi connectivity index (χ3n) is 5.19. The molecular weight excluding hydrogens is 473 g/mol. The molecule has 35 heavy (non-hydrogen) atoms. The van der Waals surface area contributed by atoms with Gasteiger partial charge >= 0.3 is 0 Å². The predicted molar refractivity (Wildman–Crippen MR) is 156 cm³/mol. The van der Waals surface area contributed by atoms with Crippen LogP contribution in [-0.4, -0.2) is 7.05 Å². The molecule has 0 aromatic heterocycles. The Hall–Kier alpha value is -2.52. The van der Waals surface area contributed by atoms with Crippen LogP contribution in [-0.2, 0) is 11.3 Å². The van der Waals surface area contributed by atoms with Gasteiger partial charge in [-0.1, -0.05) is 124 Å². The van der Waals surface area contributed by atoms with Crippen molar-refractivity contribution in [2.75, 3.05) is 7.05 Å². The highest BCUT2D eigenvalue weighted by Gasteiger charge is 2.07. The lowest BCUT2D eigenvalue weighted by atomic mass is 10.0. The van der Waals surface area contributed by atoms with Crippen molar-refractivity contribution in [1.29, 1.82) is 0 Å². The molecule has 3 aromatic carbocycles. The molecule has 0 radical (unpaired) electrons. The van der Waals surface area contributed by atoms with Gasteiger partial charge in [-0.25, -0.2) is 0 Å². The van der Waals surface area contributed by atoms with Gasteiger partial charge in [0.1, 0.15) is 12.4 Å². The smallest absolute Gasteiger partial charge is 0.145 e. The quantitative estimate of drug-likeness (QED) is 0.310. The molecule has 0 atom stereocenters. The fourth-order valence-electron chi connectivity index (χ4n) is 3.39. The van der Waals surface area contributed by atoms with Gasteiger partial charge in [0.25, 0.3) is 0 Å². The molecule has 3 aromatic rings. The van der Waals surface area contributed by atoms with Crippen LogP contribution in [0.2, 0.25) is 5.02 Å². The van der Waals surface area contributed by atoms with Crippen molar-refractivity contribution in [1.82, 2.24) is 0 Å². The molecule has 0 aliphatic carbocycles. The lowest BCUT2D eigenvalue weighted by Gasteiger charge is -2.11. The summed E-state index contributed by atoms with van der Waals surface area (Å²) in [5.41, 5.74) is 7.72. The molecule has 2 N–H and O–H groups in total. The van der Waals surface area contributed by atoms with E-state index in [0.717, 1.165) is 27.1 Å². The second kappa shape index (κ2) is 17.8. The highest BCUT2D eigenvalue weighted by molar-refractivity contribution is 6.34. The fraction of sp³-hybridized carbons (Fsp3) is 0.290. The number of nitrogens with two attached hydrogens (primary N) is 1. The molecule has 4 heteroatoms. The Kier molecular flexibility index (Phi) is 15.6. The molecule has 2 nitrogen and oxygen atoms in total. The van der Waals surface area contributed by atoms with E-state index in [2.05, 4.69) is 32.2 Å². The van der Waals surface area contributed by atoms with Crippen LogP contribution in [0, 0.1) is 0 Å². The van der Waals surface area contributed by atoms with Crippen LogP contribution in [0.5, 0.6) is 0 Å². The Morgan fingerprint density at radius 1 is 0.886 bits per heavy atom. The SMILES string of the molecule is C=C(Cl)/C(OCc1ccccc1)=c1/ccc(-c2cccc(Cl)c2)c/c1=C/C.CCCCCC.CN. The van der Waals surface area contributed by atoms with E-state index in [0.29, 0.717) is 22.4 Å². The third-order valence-corrected chi connectivity index (χ3v) is 5.60. The summed E-state index contributed by atoms with van der Waals surface area (Å²) >= 11 is 12.4. The lowest BCUT2D eigenvalue weighted by Crippen LogP contribution is -2.27. The van der Waals surface area contributed by atoms with Crippen LogP contribution < -0.4 is 16.2 Å². The number of benzene rings is 3. The maximum Gasteiger partial charge on any atom is 0.145 e. The molecule has 0 bridgehead atoms. The molecule has 0 spiro atoms. The first-order chi connectivity index (χ1) is 17.0. The number of halogens is 2. The van der Waals surface area contributed by atoms with Gasteiger partial charge in [-0.05, 0) is 60.1 Å². The summed E-state index contributed by atoms with van der Waals surface area (Å²) in [6.45, 7) is 10.8. The largest absolute Gasteiger partial charge is 0.487 e. The summed E-state index contributed by atoms with van der Waals surface area (Å²) in [5.74, 6) is 0.589. The first-order valence-electron chi connectivity index (χ1n) is 12.2. The van der Waals surface area contributed by atoms with Crippen LogP contribution in [0.4, 0.5) is 0 Å². The Bertz CT molecular complexity index is 1140. The second-order valence-corrected chi connectivity index (χ2v) is 8.71. The molecule has 188 valence electrons. The average Bonchev–Trinajstić information content (AvgIpc) is 2.89. The van der Waals surface area contributed by atoms with Crippen molar-refractivity contribution in [3.63, 3.8) is 0 Å². The summed E-state index contributed by atoms with van der Waals surface area (Å²) < 4.78 is 6.03. The van der Waals surface area contributed by atoms with E-state index in [4.69, 9.17) is 27.9 Å². The molecule has 0 saturated carbocycles. The zero-order chi connectivity index (χ0) is 26.1. The summed E-state index contributed by atoms with van der Waals surface area (Å²) in [6, 6.07) is 23.9. The van der Waals surface area contributed by atoms with Crippen LogP contribution >= 0.6 is 23.2 Å². The van der Waals surface area contributed by atoms with Gasteiger partial charge in [-0.2, -0.15) is 0 Å². The predicted octanol–water partition coefficient (Wildman–Crippen LogP) is 8.05. The van der Waals surface area contributed by atoms with Gasteiger partial charge in [-0.15, -0.1) is 0 Å². The fourth-order valence-corrected chi connectivity index (χ4v) is 3.73. The van der Waals surface area contributed by atoms with Gasteiger partial charge in [0.05, 0.1) is 5.03 Å². The average molecular weight is 513 g/mol. The van der Waals surface area contributed by atoms with Crippen molar-refractivity contribution in [2.45, 2.75) is 53.1 Å². The normalized spacial score (nSPS) is 11.5. The van der Waals surface area contributed by atoms with E-state index in [1.54, 1.807) is 0 Å². The molecule has 0 saturated heterocycles. The zero-order valence-electron chi connectivity index (χ0n) is 21.5. The van der Waals surface area contributed by atoms with E-state index in [1.165, 1.54) is 32.7 Å². The second-order valence-electron chi connectivity index (χ2n) is 7.82. The van der Waals surface area contributed by atoms with Gasteiger partial charge in [-0.3, -0.25) is 0 Å². The molecule has 0 heterocycles. The van der Waals surface area contributed by atoms with Crippen LogP contribution in [0.3, 0.4) is 0 Å².